The maximum absolute atomic E-state index is 11.0. The Morgan fingerprint density at radius 1 is 1.50 bits per heavy atom. The number of ether oxygens (including phenoxy) is 1. The molecule has 1 fully saturated rings. The fourth-order valence-electron chi connectivity index (χ4n) is 2.10. The number of nitro groups is 1. The Kier molecular flexibility index (Phi) is 3.81. The minimum atomic E-state index is -0.372. The van der Waals surface area contributed by atoms with Gasteiger partial charge in [0.15, 0.2) is 5.75 Å². The molecule has 1 N–H and O–H groups in total. The zero-order chi connectivity index (χ0) is 13.1. The van der Waals surface area contributed by atoms with Gasteiger partial charge in [0.2, 0.25) is 0 Å². The van der Waals surface area contributed by atoms with Gasteiger partial charge < -0.3 is 10.1 Å². The van der Waals surface area contributed by atoms with E-state index >= 15 is 0 Å². The summed E-state index contributed by atoms with van der Waals surface area (Å²) >= 11 is 0. The van der Waals surface area contributed by atoms with Crippen molar-refractivity contribution in [2.24, 2.45) is 0 Å². The molecule has 0 spiro atoms. The fraction of sp³-hybridized carbons (Fsp3) is 0.538. The van der Waals surface area contributed by atoms with Crippen molar-refractivity contribution in [2.45, 2.75) is 38.3 Å². The minimum absolute atomic E-state index is 0.0715. The van der Waals surface area contributed by atoms with Gasteiger partial charge >= 0.3 is 5.69 Å². The van der Waals surface area contributed by atoms with Crippen molar-refractivity contribution in [3.8, 4) is 5.75 Å². The van der Waals surface area contributed by atoms with Gasteiger partial charge in [-0.2, -0.15) is 0 Å². The summed E-state index contributed by atoms with van der Waals surface area (Å²) in [6, 6.07) is 5.67. The number of aryl methyl sites for hydroxylation is 1. The highest BCUT2D eigenvalue weighted by Gasteiger charge is 2.31. The molecule has 1 aliphatic carbocycles. The van der Waals surface area contributed by atoms with Gasteiger partial charge in [0, 0.05) is 12.1 Å². The number of hydrogen-bond donors (Lipinski definition) is 1. The van der Waals surface area contributed by atoms with Crippen LogP contribution in [0.5, 0.6) is 5.75 Å². The van der Waals surface area contributed by atoms with Gasteiger partial charge in [0.05, 0.1) is 4.92 Å². The van der Waals surface area contributed by atoms with Crippen LogP contribution in [0.4, 0.5) is 5.69 Å². The first-order valence-electron chi connectivity index (χ1n) is 6.25. The highest BCUT2D eigenvalue weighted by atomic mass is 16.6. The summed E-state index contributed by atoms with van der Waals surface area (Å²) < 4.78 is 5.69. The van der Waals surface area contributed by atoms with Crippen LogP contribution in [0.1, 0.15) is 25.3 Å². The Balaban J connectivity index is 2.10. The molecule has 0 atom stereocenters. The third-order valence-corrected chi connectivity index (χ3v) is 3.42. The van der Waals surface area contributed by atoms with E-state index in [0.717, 1.165) is 24.8 Å². The van der Waals surface area contributed by atoms with Crippen molar-refractivity contribution in [1.29, 1.82) is 0 Å². The van der Waals surface area contributed by atoms with Crippen LogP contribution in [0.15, 0.2) is 18.2 Å². The normalized spacial score (nSPS) is 22.3. The third kappa shape index (κ3) is 2.61. The van der Waals surface area contributed by atoms with Crippen molar-refractivity contribution in [2.75, 3.05) is 7.05 Å². The summed E-state index contributed by atoms with van der Waals surface area (Å²) in [6.45, 7) is 1.98. The van der Waals surface area contributed by atoms with E-state index in [1.165, 1.54) is 0 Å². The molecule has 1 aromatic carbocycles. The summed E-state index contributed by atoms with van der Waals surface area (Å²) in [7, 11) is 1.92. The van der Waals surface area contributed by atoms with Crippen LogP contribution < -0.4 is 10.1 Å². The van der Waals surface area contributed by atoms with Crippen LogP contribution in [0.3, 0.4) is 0 Å². The van der Waals surface area contributed by atoms with Crippen molar-refractivity contribution < 1.29 is 9.66 Å². The Hall–Kier alpha value is -1.62. The van der Waals surface area contributed by atoms with E-state index in [9.17, 15) is 10.1 Å². The highest BCUT2D eigenvalue weighted by Crippen LogP contribution is 2.33. The van der Waals surface area contributed by atoms with Crippen molar-refractivity contribution in [3.05, 3.63) is 33.9 Å². The molecule has 0 radical (unpaired) electrons. The quantitative estimate of drug-likeness (QED) is 0.643. The molecule has 0 heterocycles. The van der Waals surface area contributed by atoms with Crippen LogP contribution >= 0.6 is 0 Å². The fourth-order valence-corrected chi connectivity index (χ4v) is 2.10. The van der Waals surface area contributed by atoms with Gasteiger partial charge in [-0.05, 0) is 37.9 Å². The molecule has 0 bridgehead atoms. The third-order valence-electron chi connectivity index (χ3n) is 3.42. The second-order valence-electron chi connectivity index (χ2n) is 4.61. The molecule has 98 valence electrons. The number of nitro benzene ring substituents is 1. The molecule has 0 amide bonds. The van der Waals surface area contributed by atoms with E-state index < -0.39 is 0 Å². The predicted octanol–water partition coefficient (Wildman–Crippen LogP) is 2.29. The summed E-state index contributed by atoms with van der Waals surface area (Å²) in [6.07, 6.45) is 2.69. The lowest BCUT2D eigenvalue weighted by atomic mass is 9.89. The Morgan fingerprint density at radius 2 is 2.22 bits per heavy atom. The second-order valence-corrected chi connectivity index (χ2v) is 4.61. The lowest BCUT2D eigenvalue weighted by Crippen LogP contribution is -2.45. The first kappa shape index (κ1) is 12.8. The minimum Gasteiger partial charge on any atom is -0.483 e. The molecule has 0 aromatic heterocycles. The second kappa shape index (κ2) is 5.35. The molecular weight excluding hydrogens is 232 g/mol. The van der Waals surface area contributed by atoms with Crippen molar-refractivity contribution >= 4 is 5.69 Å². The molecular formula is C13H18N2O3. The van der Waals surface area contributed by atoms with Crippen LogP contribution in [0.25, 0.3) is 0 Å². The largest absolute Gasteiger partial charge is 0.483 e. The van der Waals surface area contributed by atoms with Gasteiger partial charge in [-0.3, -0.25) is 10.1 Å². The molecule has 18 heavy (non-hydrogen) atoms. The SMILES string of the molecule is CCc1ccc(OC2CC(NC)C2)c([N+](=O)[O-])c1. The molecule has 0 unspecified atom stereocenters. The van der Waals surface area contributed by atoms with E-state index in [4.69, 9.17) is 4.74 Å². The van der Waals surface area contributed by atoms with Gasteiger partial charge in [0.25, 0.3) is 0 Å². The summed E-state index contributed by atoms with van der Waals surface area (Å²) in [5, 5.41) is 14.2. The Morgan fingerprint density at radius 3 is 2.78 bits per heavy atom. The number of nitrogens with zero attached hydrogens (tertiary/aromatic N) is 1. The van der Waals surface area contributed by atoms with Gasteiger partial charge in [-0.15, -0.1) is 0 Å². The van der Waals surface area contributed by atoms with E-state index in [1.807, 2.05) is 20.0 Å². The summed E-state index contributed by atoms with van der Waals surface area (Å²) in [5.41, 5.74) is 1.03. The van der Waals surface area contributed by atoms with Crippen LogP contribution in [0, 0.1) is 10.1 Å². The molecule has 0 aliphatic heterocycles. The van der Waals surface area contributed by atoms with E-state index in [2.05, 4.69) is 5.32 Å². The first-order chi connectivity index (χ1) is 8.63. The number of nitrogens with one attached hydrogen (secondary N) is 1. The van der Waals surface area contributed by atoms with Gasteiger partial charge in [-0.25, -0.2) is 0 Å². The average molecular weight is 250 g/mol. The Bertz CT molecular complexity index is 442. The van der Waals surface area contributed by atoms with E-state index in [-0.39, 0.29) is 16.7 Å². The van der Waals surface area contributed by atoms with Crippen molar-refractivity contribution in [3.63, 3.8) is 0 Å². The van der Waals surface area contributed by atoms with Gasteiger partial charge in [0.1, 0.15) is 6.10 Å². The number of benzene rings is 1. The number of rotatable bonds is 5. The molecule has 5 nitrogen and oxygen atoms in total. The zero-order valence-electron chi connectivity index (χ0n) is 10.7. The molecule has 1 saturated carbocycles. The maximum Gasteiger partial charge on any atom is 0.311 e. The van der Waals surface area contributed by atoms with E-state index in [1.54, 1.807) is 12.1 Å². The zero-order valence-corrected chi connectivity index (χ0v) is 10.7. The molecule has 1 aliphatic rings. The molecule has 0 saturated heterocycles. The van der Waals surface area contributed by atoms with E-state index in [0.29, 0.717) is 11.8 Å². The van der Waals surface area contributed by atoms with Gasteiger partial charge in [-0.1, -0.05) is 13.0 Å². The summed E-state index contributed by atoms with van der Waals surface area (Å²) in [5.74, 6) is 0.386. The standard InChI is InChI=1S/C13H18N2O3/c1-3-9-4-5-13(12(6-9)15(16)17)18-11-7-10(8-11)14-2/h4-6,10-11,14H,3,7-8H2,1-2H3. The monoisotopic (exact) mass is 250 g/mol. The van der Waals surface area contributed by atoms with Crippen LogP contribution in [-0.2, 0) is 6.42 Å². The lowest BCUT2D eigenvalue weighted by molar-refractivity contribution is -0.386. The highest BCUT2D eigenvalue weighted by molar-refractivity contribution is 5.48. The molecule has 2 rings (SSSR count). The summed E-state index contributed by atoms with van der Waals surface area (Å²) in [4.78, 5) is 10.6. The maximum atomic E-state index is 11.0. The average Bonchev–Trinajstić information content (AvgIpc) is 2.33. The lowest BCUT2D eigenvalue weighted by Gasteiger charge is -2.34. The first-order valence-corrected chi connectivity index (χ1v) is 6.25. The van der Waals surface area contributed by atoms with Crippen molar-refractivity contribution in [1.82, 2.24) is 5.32 Å². The predicted molar refractivity (Wildman–Crippen MR) is 69.0 cm³/mol. The number of hydrogen-bond acceptors (Lipinski definition) is 4. The van der Waals surface area contributed by atoms with Crippen LogP contribution in [-0.4, -0.2) is 24.1 Å². The smallest absolute Gasteiger partial charge is 0.311 e. The topological polar surface area (TPSA) is 64.4 Å². The molecule has 1 aromatic rings. The van der Waals surface area contributed by atoms with Crippen LogP contribution in [0.2, 0.25) is 0 Å². The molecule has 5 heteroatoms. The Labute approximate surface area is 106 Å².